The van der Waals surface area contributed by atoms with Gasteiger partial charge in [0.2, 0.25) is 15.9 Å². The maximum Gasteiger partial charge on any atom is 0.244 e. The highest BCUT2D eigenvalue weighted by molar-refractivity contribution is 7.89. The van der Waals surface area contributed by atoms with Crippen molar-refractivity contribution >= 4 is 21.6 Å². The second-order valence-corrected chi connectivity index (χ2v) is 10.8. The van der Waals surface area contributed by atoms with Crippen LogP contribution >= 0.6 is 11.6 Å². The van der Waals surface area contributed by atoms with E-state index < -0.39 is 16.1 Å². The monoisotopic (exact) mass is 518 g/mol. The van der Waals surface area contributed by atoms with Crippen molar-refractivity contribution < 1.29 is 12.9 Å². The van der Waals surface area contributed by atoms with Crippen LogP contribution in [0.3, 0.4) is 0 Å². The topological polar surface area (TPSA) is 88.3 Å². The van der Waals surface area contributed by atoms with E-state index in [4.69, 9.17) is 16.1 Å². The SMILES string of the molecule is CCN(CC)CCCS(=O)(=O)N[C@H](CCc1ccccc1)c1nc(CCc2ccccc2Cl)no1. The van der Waals surface area contributed by atoms with E-state index in [0.29, 0.717) is 48.8 Å². The van der Waals surface area contributed by atoms with Gasteiger partial charge >= 0.3 is 0 Å². The minimum Gasteiger partial charge on any atom is -0.338 e. The summed E-state index contributed by atoms with van der Waals surface area (Å²) < 4.78 is 34.2. The summed E-state index contributed by atoms with van der Waals surface area (Å²) in [6.45, 7) is 6.71. The molecule has 0 saturated heterocycles. The van der Waals surface area contributed by atoms with E-state index in [1.165, 1.54) is 0 Å². The number of benzene rings is 2. The summed E-state index contributed by atoms with van der Waals surface area (Å²) in [4.78, 5) is 6.74. The van der Waals surface area contributed by atoms with Crippen LogP contribution in [0.4, 0.5) is 0 Å². The highest BCUT2D eigenvalue weighted by Crippen LogP contribution is 2.21. The Kier molecular flexibility index (Phi) is 10.7. The van der Waals surface area contributed by atoms with Gasteiger partial charge in [-0.25, -0.2) is 13.1 Å². The van der Waals surface area contributed by atoms with Gasteiger partial charge in [-0.1, -0.05) is 79.1 Å². The standard InChI is InChI=1S/C26H35ClN4O3S/c1-3-31(4-2)19-10-20-35(32,33)30-24(17-15-21-11-6-5-7-12-21)26-28-25(29-34-26)18-16-22-13-8-9-14-23(22)27/h5-9,11-14,24,30H,3-4,10,15-20H2,1-2H3/t24-/m1/s1. The number of sulfonamides is 1. The molecule has 3 aromatic rings. The zero-order valence-electron chi connectivity index (χ0n) is 20.5. The molecule has 0 radical (unpaired) electrons. The summed E-state index contributed by atoms with van der Waals surface area (Å²) in [7, 11) is -3.52. The van der Waals surface area contributed by atoms with Crippen LogP contribution in [-0.4, -0.2) is 48.8 Å². The van der Waals surface area contributed by atoms with Crippen molar-refractivity contribution in [3.05, 3.63) is 82.5 Å². The molecule has 3 rings (SSSR count). The number of nitrogens with zero attached hydrogens (tertiary/aromatic N) is 3. The largest absolute Gasteiger partial charge is 0.338 e. The number of aryl methyl sites for hydroxylation is 3. The normalized spacial score (nSPS) is 12.8. The fraction of sp³-hybridized carbons (Fsp3) is 0.462. The van der Waals surface area contributed by atoms with E-state index in [9.17, 15) is 8.42 Å². The second kappa shape index (κ2) is 13.7. The van der Waals surface area contributed by atoms with Crippen LogP contribution in [0.5, 0.6) is 0 Å². The lowest BCUT2D eigenvalue weighted by atomic mass is 10.1. The molecule has 1 atom stereocenters. The molecule has 0 aliphatic rings. The van der Waals surface area contributed by atoms with Crippen molar-refractivity contribution in [3.8, 4) is 0 Å². The van der Waals surface area contributed by atoms with Gasteiger partial charge in [0, 0.05) is 11.4 Å². The Hall–Kier alpha value is -2.26. The molecule has 0 spiro atoms. The first kappa shape index (κ1) is 27.3. The molecule has 190 valence electrons. The van der Waals surface area contributed by atoms with Crippen molar-refractivity contribution in [2.24, 2.45) is 0 Å². The summed E-state index contributed by atoms with van der Waals surface area (Å²) in [5, 5.41) is 4.81. The molecule has 0 unspecified atom stereocenters. The van der Waals surface area contributed by atoms with Crippen molar-refractivity contribution in [2.45, 2.75) is 52.0 Å². The van der Waals surface area contributed by atoms with Crippen LogP contribution in [0, 0.1) is 0 Å². The minimum atomic E-state index is -3.52. The van der Waals surface area contributed by atoms with E-state index >= 15 is 0 Å². The lowest BCUT2D eigenvalue weighted by Crippen LogP contribution is -2.33. The Morgan fingerprint density at radius 1 is 1.00 bits per heavy atom. The molecule has 0 bridgehead atoms. The van der Waals surface area contributed by atoms with Crippen LogP contribution < -0.4 is 4.72 Å². The molecule has 0 saturated carbocycles. The summed E-state index contributed by atoms with van der Waals surface area (Å²) in [6, 6.07) is 17.0. The number of rotatable bonds is 15. The highest BCUT2D eigenvalue weighted by atomic mass is 35.5. The van der Waals surface area contributed by atoms with Crippen molar-refractivity contribution in [3.63, 3.8) is 0 Å². The first-order valence-electron chi connectivity index (χ1n) is 12.2. The number of aromatic nitrogens is 2. The van der Waals surface area contributed by atoms with E-state index in [1.807, 2.05) is 54.6 Å². The van der Waals surface area contributed by atoms with Gasteiger partial charge in [0.05, 0.1) is 5.75 Å². The molecular weight excluding hydrogens is 484 g/mol. The van der Waals surface area contributed by atoms with Gasteiger partial charge in [0.1, 0.15) is 6.04 Å². The zero-order chi connectivity index (χ0) is 25.1. The first-order chi connectivity index (χ1) is 16.9. The van der Waals surface area contributed by atoms with E-state index in [0.717, 1.165) is 30.8 Å². The van der Waals surface area contributed by atoms with Gasteiger partial charge in [0.15, 0.2) is 5.82 Å². The maximum absolute atomic E-state index is 12.9. The molecule has 0 amide bonds. The smallest absolute Gasteiger partial charge is 0.244 e. The molecule has 0 aliphatic heterocycles. The molecule has 1 N–H and O–H groups in total. The lowest BCUT2D eigenvalue weighted by Gasteiger charge is -2.19. The van der Waals surface area contributed by atoms with Crippen LogP contribution in [0.1, 0.15) is 55.6 Å². The molecule has 1 aromatic heterocycles. The lowest BCUT2D eigenvalue weighted by molar-refractivity contribution is 0.304. The predicted molar refractivity (Wildman–Crippen MR) is 140 cm³/mol. The molecule has 35 heavy (non-hydrogen) atoms. The average Bonchev–Trinajstić information content (AvgIpc) is 3.33. The average molecular weight is 519 g/mol. The molecule has 0 aliphatic carbocycles. The van der Waals surface area contributed by atoms with Gasteiger partial charge in [0.25, 0.3) is 0 Å². The second-order valence-electron chi connectivity index (χ2n) is 8.53. The maximum atomic E-state index is 12.9. The zero-order valence-corrected chi connectivity index (χ0v) is 22.1. The van der Waals surface area contributed by atoms with Gasteiger partial charge in [-0.05, 0) is 62.5 Å². The van der Waals surface area contributed by atoms with Crippen molar-refractivity contribution in [2.75, 3.05) is 25.4 Å². The minimum absolute atomic E-state index is 0.0544. The van der Waals surface area contributed by atoms with E-state index in [2.05, 4.69) is 33.6 Å². The Labute approximate surface area is 213 Å². The molecule has 7 nitrogen and oxygen atoms in total. The molecule has 1 heterocycles. The van der Waals surface area contributed by atoms with Gasteiger partial charge in [-0.2, -0.15) is 4.98 Å². The third-order valence-electron chi connectivity index (χ3n) is 6.03. The Morgan fingerprint density at radius 3 is 2.43 bits per heavy atom. The number of hydrogen-bond acceptors (Lipinski definition) is 6. The molecule has 9 heteroatoms. The Balaban J connectivity index is 1.67. The highest BCUT2D eigenvalue weighted by Gasteiger charge is 2.25. The third-order valence-corrected chi connectivity index (χ3v) is 7.86. The number of halogens is 1. The van der Waals surface area contributed by atoms with Crippen LogP contribution in [0.2, 0.25) is 5.02 Å². The fourth-order valence-electron chi connectivity index (χ4n) is 3.94. The summed E-state index contributed by atoms with van der Waals surface area (Å²) in [5.41, 5.74) is 2.13. The fourth-order valence-corrected chi connectivity index (χ4v) is 5.45. The quantitative estimate of drug-likeness (QED) is 0.310. The number of hydrogen-bond donors (Lipinski definition) is 1. The Morgan fingerprint density at radius 2 is 1.71 bits per heavy atom. The molecular formula is C26H35ClN4O3S. The number of nitrogens with one attached hydrogen (secondary N) is 1. The first-order valence-corrected chi connectivity index (χ1v) is 14.3. The molecule has 0 fully saturated rings. The van der Waals surface area contributed by atoms with Crippen LogP contribution in [0.25, 0.3) is 0 Å². The third kappa shape index (κ3) is 9.04. The summed E-state index contributed by atoms with van der Waals surface area (Å²) in [6.07, 6.45) is 2.99. The predicted octanol–water partition coefficient (Wildman–Crippen LogP) is 4.83. The summed E-state index contributed by atoms with van der Waals surface area (Å²) in [5.74, 6) is 0.881. The van der Waals surface area contributed by atoms with Crippen LogP contribution in [0.15, 0.2) is 59.1 Å². The van der Waals surface area contributed by atoms with Gasteiger partial charge in [-0.3, -0.25) is 0 Å². The summed E-state index contributed by atoms with van der Waals surface area (Å²) >= 11 is 6.25. The van der Waals surface area contributed by atoms with Crippen LogP contribution in [-0.2, 0) is 29.3 Å². The van der Waals surface area contributed by atoms with E-state index in [1.54, 1.807) is 0 Å². The molecule has 2 aromatic carbocycles. The van der Waals surface area contributed by atoms with Crippen molar-refractivity contribution in [1.82, 2.24) is 19.8 Å². The van der Waals surface area contributed by atoms with Gasteiger partial charge in [-0.15, -0.1) is 0 Å². The Bertz CT molecular complexity index is 1130. The van der Waals surface area contributed by atoms with Gasteiger partial charge < -0.3 is 9.42 Å². The van der Waals surface area contributed by atoms with Crippen molar-refractivity contribution in [1.29, 1.82) is 0 Å². The van der Waals surface area contributed by atoms with E-state index in [-0.39, 0.29) is 5.75 Å².